The summed E-state index contributed by atoms with van der Waals surface area (Å²) in [5.74, 6) is 0.204. The molecule has 0 bridgehead atoms. The summed E-state index contributed by atoms with van der Waals surface area (Å²) in [6, 6.07) is 13.7. The van der Waals surface area contributed by atoms with Crippen molar-refractivity contribution in [3.05, 3.63) is 59.2 Å². The SMILES string of the molecule is Cc1cccc(C(=O)N(Cc2cc(NC(=O)C(C)C)ccc2N(C)C)C(C)C(C)C)c1. The molecule has 0 spiro atoms. The molecule has 168 valence electrons. The van der Waals surface area contributed by atoms with Crippen molar-refractivity contribution in [3.63, 3.8) is 0 Å². The maximum absolute atomic E-state index is 13.5. The number of nitrogens with one attached hydrogen (secondary N) is 1. The lowest BCUT2D eigenvalue weighted by Crippen LogP contribution is -2.41. The average Bonchev–Trinajstić information content (AvgIpc) is 2.70. The second-order valence-corrected chi connectivity index (χ2v) is 9.17. The van der Waals surface area contributed by atoms with Gasteiger partial charge < -0.3 is 15.1 Å². The first-order valence-corrected chi connectivity index (χ1v) is 11.0. The number of hydrogen-bond donors (Lipinski definition) is 1. The van der Waals surface area contributed by atoms with Gasteiger partial charge in [-0.1, -0.05) is 45.4 Å². The molecule has 2 aromatic rings. The maximum Gasteiger partial charge on any atom is 0.254 e. The van der Waals surface area contributed by atoms with Crippen LogP contribution in [0.4, 0.5) is 11.4 Å². The summed E-state index contributed by atoms with van der Waals surface area (Å²) >= 11 is 0. The quantitative estimate of drug-likeness (QED) is 0.623. The first-order valence-electron chi connectivity index (χ1n) is 11.0. The van der Waals surface area contributed by atoms with Gasteiger partial charge in [0.25, 0.3) is 5.91 Å². The van der Waals surface area contributed by atoms with Gasteiger partial charge in [0.2, 0.25) is 5.91 Å². The largest absolute Gasteiger partial charge is 0.377 e. The van der Waals surface area contributed by atoms with Gasteiger partial charge in [-0.25, -0.2) is 0 Å². The van der Waals surface area contributed by atoms with Crippen molar-refractivity contribution in [3.8, 4) is 0 Å². The van der Waals surface area contributed by atoms with Crippen molar-refractivity contribution in [2.75, 3.05) is 24.3 Å². The molecule has 0 aliphatic heterocycles. The van der Waals surface area contributed by atoms with E-state index in [1.165, 1.54) is 0 Å². The van der Waals surface area contributed by atoms with E-state index in [4.69, 9.17) is 0 Å². The Bertz CT molecular complexity index is 919. The van der Waals surface area contributed by atoms with E-state index >= 15 is 0 Å². The van der Waals surface area contributed by atoms with E-state index in [1.807, 2.05) is 87.1 Å². The molecule has 31 heavy (non-hydrogen) atoms. The topological polar surface area (TPSA) is 52.7 Å². The van der Waals surface area contributed by atoms with Gasteiger partial charge in [0, 0.05) is 49.5 Å². The van der Waals surface area contributed by atoms with Crippen molar-refractivity contribution < 1.29 is 9.59 Å². The summed E-state index contributed by atoms with van der Waals surface area (Å²) in [6.07, 6.45) is 0. The average molecular weight is 424 g/mol. The first-order chi connectivity index (χ1) is 14.5. The van der Waals surface area contributed by atoms with Crippen LogP contribution in [0.2, 0.25) is 0 Å². The predicted octanol–water partition coefficient (Wildman–Crippen LogP) is 5.34. The zero-order valence-corrected chi connectivity index (χ0v) is 20.2. The molecule has 0 aliphatic carbocycles. The van der Waals surface area contributed by atoms with Crippen LogP contribution in [-0.2, 0) is 11.3 Å². The summed E-state index contributed by atoms with van der Waals surface area (Å²) in [5.41, 5.74) is 4.54. The molecule has 0 saturated heterocycles. The van der Waals surface area contributed by atoms with Crippen LogP contribution in [0.5, 0.6) is 0 Å². The number of hydrogen-bond acceptors (Lipinski definition) is 3. The number of benzene rings is 2. The third kappa shape index (κ3) is 6.33. The standard InChI is InChI=1S/C26H37N3O2/c1-17(2)20(6)29(26(31)21-11-9-10-19(5)14-21)16-22-15-23(27-25(30)18(3)4)12-13-24(22)28(7)8/h9-15,17-18,20H,16H2,1-8H3,(H,27,30). The Labute approximate surface area is 187 Å². The summed E-state index contributed by atoms with van der Waals surface area (Å²) in [5, 5.41) is 2.98. The summed E-state index contributed by atoms with van der Waals surface area (Å²) in [4.78, 5) is 29.7. The maximum atomic E-state index is 13.5. The molecule has 5 heteroatoms. The molecular formula is C26H37N3O2. The van der Waals surface area contributed by atoms with Crippen LogP contribution in [0.25, 0.3) is 0 Å². The van der Waals surface area contributed by atoms with Crippen LogP contribution in [0, 0.1) is 18.8 Å². The molecule has 0 heterocycles. The first kappa shape index (κ1) is 24.4. The van der Waals surface area contributed by atoms with E-state index in [9.17, 15) is 9.59 Å². The molecule has 0 radical (unpaired) electrons. The van der Waals surface area contributed by atoms with Gasteiger partial charge in [-0.3, -0.25) is 9.59 Å². The molecule has 2 rings (SSSR count). The molecule has 0 aliphatic rings. The van der Waals surface area contributed by atoms with Crippen LogP contribution in [-0.4, -0.2) is 36.9 Å². The van der Waals surface area contributed by atoms with E-state index in [2.05, 4.69) is 26.1 Å². The molecule has 5 nitrogen and oxygen atoms in total. The second-order valence-electron chi connectivity index (χ2n) is 9.17. The van der Waals surface area contributed by atoms with Gasteiger partial charge in [-0.05, 0) is 55.7 Å². The van der Waals surface area contributed by atoms with Crippen LogP contribution in [0.1, 0.15) is 56.1 Å². The van der Waals surface area contributed by atoms with Gasteiger partial charge in [0.15, 0.2) is 0 Å². The number of amides is 2. The fourth-order valence-electron chi connectivity index (χ4n) is 3.40. The van der Waals surface area contributed by atoms with Crippen molar-refractivity contribution >= 4 is 23.2 Å². The molecule has 1 N–H and O–H groups in total. The molecule has 0 saturated carbocycles. The Balaban J connectivity index is 2.46. The van der Waals surface area contributed by atoms with Gasteiger partial charge in [-0.2, -0.15) is 0 Å². The third-order valence-electron chi connectivity index (χ3n) is 5.68. The van der Waals surface area contributed by atoms with Gasteiger partial charge in [0.1, 0.15) is 0 Å². The zero-order valence-electron chi connectivity index (χ0n) is 20.2. The number of aryl methyl sites for hydroxylation is 1. The fraction of sp³-hybridized carbons (Fsp3) is 0.462. The highest BCUT2D eigenvalue weighted by atomic mass is 16.2. The normalized spacial score (nSPS) is 12.1. The smallest absolute Gasteiger partial charge is 0.254 e. The van der Waals surface area contributed by atoms with Crippen molar-refractivity contribution in [2.24, 2.45) is 11.8 Å². The Kier molecular flexibility index (Phi) is 8.26. The lowest BCUT2D eigenvalue weighted by Gasteiger charge is -2.33. The highest BCUT2D eigenvalue weighted by Crippen LogP contribution is 2.27. The number of carbonyl (C=O) groups is 2. The monoisotopic (exact) mass is 423 g/mol. The van der Waals surface area contributed by atoms with E-state index in [0.717, 1.165) is 22.5 Å². The zero-order chi connectivity index (χ0) is 23.3. The Morgan fingerprint density at radius 2 is 1.65 bits per heavy atom. The van der Waals surface area contributed by atoms with Crippen LogP contribution in [0.3, 0.4) is 0 Å². The van der Waals surface area contributed by atoms with Gasteiger partial charge in [0.05, 0.1) is 0 Å². The predicted molar refractivity (Wildman–Crippen MR) is 130 cm³/mol. The van der Waals surface area contributed by atoms with Gasteiger partial charge >= 0.3 is 0 Å². The second kappa shape index (κ2) is 10.5. The molecule has 0 fully saturated rings. The molecular weight excluding hydrogens is 386 g/mol. The fourth-order valence-corrected chi connectivity index (χ4v) is 3.40. The molecule has 0 aromatic heterocycles. The van der Waals surface area contributed by atoms with Crippen LogP contribution in [0.15, 0.2) is 42.5 Å². The molecule has 2 aromatic carbocycles. The lowest BCUT2D eigenvalue weighted by molar-refractivity contribution is -0.118. The molecule has 1 unspecified atom stereocenters. The highest BCUT2D eigenvalue weighted by Gasteiger charge is 2.25. The lowest BCUT2D eigenvalue weighted by atomic mass is 10.0. The van der Waals surface area contributed by atoms with E-state index in [0.29, 0.717) is 18.0 Å². The number of nitrogens with zero attached hydrogens (tertiary/aromatic N) is 2. The van der Waals surface area contributed by atoms with Crippen molar-refractivity contribution in [2.45, 2.75) is 54.1 Å². The minimum absolute atomic E-state index is 0.0197. The minimum Gasteiger partial charge on any atom is -0.377 e. The Morgan fingerprint density at radius 1 is 0.968 bits per heavy atom. The van der Waals surface area contributed by atoms with Gasteiger partial charge in [-0.15, -0.1) is 0 Å². The van der Waals surface area contributed by atoms with Crippen LogP contribution >= 0.6 is 0 Å². The highest BCUT2D eigenvalue weighted by molar-refractivity contribution is 5.95. The summed E-state index contributed by atoms with van der Waals surface area (Å²) in [6.45, 7) is 12.6. The van der Waals surface area contributed by atoms with E-state index in [1.54, 1.807) is 0 Å². The molecule has 1 atom stereocenters. The Hall–Kier alpha value is -2.82. The van der Waals surface area contributed by atoms with Crippen LogP contribution < -0.4 is 10.2 Å². The number of anilines is 2. The van der Waals surface area contributed by atoms with E-state index in [-0.39, 0.29) is 23.8 Å². The van der Waals surface area contributed by atoms with E-state index < -0.39 is 0 Å². The van der Waals surface area contributed by atoms with Crippen molar-refractivity contribution in [1.82, 2.24) is 4.90 Å². The minimum atomic E-state index is -0.0997. The summed E-state index contributed by atoms with van der Waals surface area (Å²) < 4.78 is 0. The van der Waals surface area contributed by atoms with Crippen molar-refractivity contribution in [1.29, 1.82) is 0 Å². The third-order valence-corrected chi connectivity index (χ3v) is 5.68. The molecule has 2 amide bonds. The number of carbonyl (C=O) groups excluding carboxylic acids is 2. The number of rotatable bonds is 8. The summed E-state index contributed by atoms with van der Waals surface area (Å²) in [7, 11) is 3.98. The Morgan fingerprint density at radius 3 is 2.19 bits per heavy atom.